The molecule has 0 saturated carbocycles. The number of halogens is 1. The zero-order valence-corrected chi connectivity index (χ0v) is 21.9. The van der Waals surface area contributed by atoms with E-state index in [4.69, 9.17) is 18.9 Å². The second-order valence-electron chi connectivity index (χ2n) is 10.5. The quantitative estimate of drug-likeness (QED) is 0.414. The molecule has 1 aromatic carbocycles. The molecule has 5 rings (SSSR count). The third-order valence-electron chi connectivity index (χ3n) is 6.63. The number of hydrogen-bond donors (Lipinski definition) is 0. The van der Waals surface area contributed by atoms with E-state index in [2.05, 4.69) is 15.3 Å². The van der Waals surface area contributed by atoms with Gasteiger partial charge in [-0.3, -0.25) is 4.90 Å². The van der Waals surface area contributed by atoms with Crippen LogP contribution in [0, 0.1) is 0 Å². The summed E-state index contributed by atoms with van der Waals surface area (Å²) in [7, 11) is 1.55. The number of carbonyl (C=O) groups excluding carboxylic acids is 1. The molecule has 4 atom stereocenters. The zero-order chi connectivity index (χ0) is 26.9. The van der Waals surface area contributed by atoms with E-state index >= 15 is 4.39 Å². The Hall–Kier alpha value is -3.73. The van der Waals surface area contributed by atoms with Crippen LogP contribution < -0.4 is 9.47 Å². The van der Waals surface area contributed by atoms with Gasteiger partial charge in [0.1, 0.15) is 17.5 Å². The van der Waals surface area contributed by atoms with Crippen LogP contribution >= 0.6 is 0 Å². The third-order valence-corrected chi connectivity index (χ3v) is 6.63. The van der Waals surface area contributed by atoms with Gasteiger partial charge in [0.15, 0.2) is 13.0 Å². The molecule has 11 heteroatoms. The van der Waals surface area contributed by atoms with Crippen molar-refractivity contribution in [3.8, 4) is 28.6 Å². The molecule has 0 aliphatic carbocycles. The number of aromatic nitrogens is 4. The SMILES string of the molecule is COCOc1cc(-n2cccn2)ccc1-c1ccc(O[C@@H]2C[C@H]3CC[C@@H]([C@@H]2F)N3C(=O)OC(C)(C)C)nn1. The van der Waals surface area contributed by atoms with E-state index in [9.17, 15) is 4.79 Å². The highest BCUT2D eigenvalue weighted by molar-refractivity contribution is 5.70. The van der Waals surface area contributed by atoms with Crippen LogP contribution in [0.2, 0.25) is 0 Å². The number of rotatable bonds is 7. The molecule has 202 valence electrons. The average molecular weight is 526 g/mol. The fourth-order valence-electron chi connectivity index (χ4n) is 5.02. The molecule has 10 nitrogen and oxygen atoms in total. The molecule has 0 N–H and O–H groups in total. The topological polar surface area (TPSA) is 101 Å². The van der Waals surface area contributed by atoms with Crippen LogP contribution in [0.4, 0.5) is 9.18 Å². The number of piperidine rings is 1. The summed E-state index contributed by atoms with van der Waals surface area (Å²) in [4.78, 5) is 14.2. The first-order chi connectivity index (χ1) is 18.2. The lowest BCUT2D eigenvalue weighted by Gasteiger charge is -2.41. The second-order valence-corrected chi connectivity index (χ2v) is 10.5. The summed E-state index contributed by atoms with van der Waals surface area (Å²) in [6.07, 6.45) is 2.64. The van der Waals surface area contributed by atoms with Crippen molar-refractivity contribution in [2.75, 3.05) is 13.9 Å². The molecule has 3 aromatic rings. The molecule has 4 heterocycles. The summed E-state index contributed by atoms with van der Waals surface area (Å²) in [5, 5.41) is 12.8. The first kappa shape index (κ1) is 25.9. The summed E-state index contributed by atoms with van der Waals surface area (Å²) in [6.45, 7) is 5.47. The average Bonchev–Trinajstić information content (AvgIpc) is 3.54. The number of alkyl halides is 1. The Labute approximate surface area is 220 Å². The lowest BCUT2D eigenvalue weighted by molar-refractivity contribution is -0.0412. The van der Waals surface area contributed by atoms with Crippen molar-refractivity contribution >= 4 is 6.09 Å². The first-order valence-corrected chi connectivity index (χ1v) is 12.7. The highest BCUT2D eigenvalue weighted by Gasteiger charge is 2.52. The fraction of sp³-hybridized carbons (Fsp3) is 0.481. The van der Waals surface area contributed by atoms with Crippen molar-refractivity contribution in [2.24, 2.45) is 0 Å². The van der Waals surface area contributed by atoms with Crippen LogP contribution in [-0.4, -0.2) is 74.8 Å². The lowest BCUT2D eigenvalue weighted by Crippen LogP contribution is -2.57. The fourth-order valence-corrected chi connectivity index (χ4v) is 5.02. The van der Waals surface area contributed by atoms with Crippen molar-refractivity contribution in [2.45, 2.75) is 70.0 Å². The maximum atomic E-state index is 15.5. The lowest BCUT2D eigenvalue weighted by atomic mass is 9.98. The first-order valence-electron chi connectivity index (χ1n) is 12.7. The van der Waals surface area contributed by atoms with Crippen molar-refractivity contribution in [3.05, 3.63) is 48.8 Å². The summed E-state index contributed by atoms with van der Waals surface area (Å²) in [6, 6.07) is 10.2. The van der Waals surface area contributed by atoms with E-state index < -0.39 is 30.0 Å². The third kappa shape index (κ3) is 5.42. The van der Waals surface area contributed by atoms with Gasteiger partial charge < -0.3 is 18.9 Å². The zero-order valence-electron chi connectivity index (χ0n) is 21.9. The van der Waals surface area contributed by atoms with Crippen LogP contribution in [0.25, 0.3) is 16.9 Å². The Morgan fingerprint density at radius 1 is 1.16 bits per heavy atom. The van der Waals surface area contributed by atoms with Crippen LogP contribution in [-0.2, 0) is 9.47 Å². The van der Waals surface area contributed by atoms with Gasteiger partial charge in [0.25, 0.3) is 0 Å². The summed E-state index contributed by atoms with van der Waals surface area (Å²) < 4.78 is 39.5. The van der Waals surface area contributed by atoms with Gasteiger partial charge in [-0.15, -0.1) is 10.2 Å². The van der Waals surface area contributed by atoms with Crippen LogP contribution in [0.15, 0.2) is 48.8 Å². The molecular weight excluding hydrogens is 493 g/mol. The Bertz CT molecular complexity index is 1250. The summed E-state index contributed by atoms with van der Waals surface area (Å²) in [5.74, 6) is 0.775. The van der Waals surface area contributed by atoms with E-state index in [0.29, 0.717) is 36.3 Å². The van der Waals surface area contributed by atoms with Crippen LogP contribution in [0.1, 0.15) is 40.0 Å². The van der Waals surface area contributed by atoms with E-state index in [1.807, 2.05) is 30.5 Å². The maximum Gasteiger partial charge on any atom is 0.410 e. The molecule has 38 heavy (non-hydrogen) atoms. The number of benzene rings is 1. The van der Waals surface area contributed by atoms with E-state index in [1.165, 1.54) is 0 Å². The monoisotopic (exact) mass is 525 g/mol. The molecule has 0 unspecified atom stereocenters. The number of ether oxygens (including phenoxy) is 4. The van der Waals surface area contributed by atoms with Crippen LogP contribution in [0.3, 0.4) is 0 Å². The van der Waals surface area contributed by atoms with Gasteiger partial charge >= 0.3 is 6.09 Å². The molecule has 2 saturated heterocycles. The molecule has 2 bridgehead atoms. The number of methoxy groups -OCH3 is 1. The second kappa shape index (κ2) is 10.6. The Morgan fingerprint density at radius 2 is 2.00 bits per heavy atom. The van der Waals surface area contributed by atoms with Gasteiger partial charge in [-0.25, -0.2) is 13.9 Å². The van der Waals surface area contributed by atoms with Gasteiger partial charge in [0.05, 0.1) is 17.4 Å². The number of hydrogen-bond acceptors (Lipinski definition) is 8. The van der Waals surface area contributed by atoms with Crippen molar-refractivity contribution in [1.29, 1.82) is 0 Å². The predicted molar refractivity (Wildman–Crippen MR) is 136 cm³/mol. The number of nitrogens with zero attached hydrogens (tertiary/aromatic N) is 5. The van der Waals surface area contributed by atoms with E-state index in [1.54, 1.807) is 55.8 Å². The number of amides is 1. The highest BCUT2D eigenvalue weighted by Crippen LogP contribution is 2.40. The van der Waals surface area contributed by atoms with Crippen molar-refractivity contribution in [3.63, 3.8) is 0 Å². The molecule has 0 spiro atoms. The highest BCUT2D eigenvalue weighted by atomic mass is 19.1. The van der Waals surface area contributed by atoms with Gasteiger partial charge in [-0.2, -0.15) is 5.10 Å². The van der Waals surface area contributed by atoms with Gasteiger partial charge in [0.2, 0.25) is 5.88 Å². The summed E-state index contributed by atoms with van der Waals surface area (Å²) in [5.41, 5.74) is 1.45. The van der Waals surface area contributed by atoms with Gasteiger partial charge in [0, 0.05) is 49.7 Å². The normalized spacial score (nSPS) is 22.8. The van der Waals surface area contributed by atoms with Crippen molar-refractivity contribution in [1.82, 2.24) is 24.9 Å². The smallest absolute Gasteiger partial charge is 0.410 e. The molecule has 1 amide bonds. The molecule has 2 aliphatic rings. The Morgan fingerprint density at radius 3 is 2.68 bits per heavy atom. The Balaban J connectivity index is 1.29. The molecular formula is C27H32FN5O5. The standard InChI is InChI=1S/C27H32FN5O5/c1-27(2,3)38-26(34)33-18-7-10-21(33)25(28)23(15-18)37-24-11-9-20(30-31-24)19-8-6-17(32-13-5-12-29-32)14-22(19)36-16-35-4/h5-6,8-9,11-14,18,21,23,25H,7,10,15-16H2,1-4H3/t18-,21+,23-,25+/m1/s1. The minimum atomic E-state index is -1.35. The van der Waals surface area contributed by atoms with Crippen LogP contribution in [0.5, 0.6) is 11.6 Å². The number of fused-ring (bicyclic) bond motifs is 2. The molecule has 2 aliphatic heterocycles. The number of carbonyl (C=O) groups is 1. The Kier molecular flexibility index (Phi) is 7.20. The molecule has 2 aromatic heterocycles. The van der Waals surface area contributed by atoms with Gasteiger partial charge in [-0.1, -0.05) is 0 Å². The molecule has 0 radical (unpaired) electrons. The summed E-state index contributed by atoms with van der Waals surface area (Å²) >= 11 is 0. The largest absolute Gasteiger partial charge is 0.470 e. The molecule has 2 fully saturated rings. The predicted octanol–water partition coefficient (Wildman–Crippen LogP) is 4.57. The van der Waals surface area contributed by atoms with E-state index in [0.717, 1.165) is 5.69 Å². The minimum Gasteiger partial charge on any atom is -0.470 e. The maximum absolute atomic E-state index is 15.5. The van der Waals surface area contributed by atoms with Crippen molar-refractivity contribution < 1.29 is 28.1 Å². The van der Waals surface area contributed by atoms with Gasteiger partial charge in [-0.05, 0) is 57.9 Å². The minimum absolute atomic E-state index is 0.0619. The van der Waals surface area contributed by atoms with E-state index in [-0.39, 0.29) is 18.7 Å².